The summed E-state index contributed by atoms with van der Waals surface area (Å²) in [7, 11) is 0. The number of nitrogens with zero attached hydrogens (tertiary/aromatic N) is 3. The summed E-state index contributed by atoms with van der Waals surface area (Å²) in [6.07, 6.45) is 0. The Morgan fingerprint density at radius 3 is 2.45 bits per heavy atom. The van der Waals surface area contributed by atoms with Crippen molar-refractivity contribution in [2.24, 2.45) is 5.92 Å². The Kier molecular flexibility index (Phi) is 5.11. The molecule has 0 aliphatic rings. The Hall–Kier alpha value is -3.12. The van der Waals surface area contributed by atoms with Gasteiger partial charge in [0.1, 0.15) is 16.9 Å². The maximum Gasteiger partial charge on any atom is 0.257 e. The summed E-state index contributed by atoms with van der Waals surface area (Å²) in [5, 5.41) is 3.52. The van der Waals surface area contributed by atoms with E-state index in [0.29, 0.717) is 46.6 Å². The lowest BCUT2D eigenvalue weighted by molar-refractivity contribution is 0.0953. The first-order valence-electron chi connectivity index (χ1n) is 9.51. The van der Waals surface area contributed by atoms with Crippen molar-refractivity contribution < 1.29 is 4.79 Å². The SMILES string of the molecule is CC(C)Cn1c(N)c(C(=O)NCc2ccccc2Cl)c2nc3ccccc3nc21. The van der Waals surface area contributed by atoms with Crippen LogP contribution in [0.25, 0.3) is 22.2 Å². The van der Waals surface area contributed by atoms with Crippen LogP contribution in [-0.2, 0) is 13.1 Å². The second-order valence-electron chi connectivity index (χ2n) is 7.42. The smallest absolute Gasteiger partial charge is 0.257 e. The zero-order valence-electron chi connectivity index (χ0n) is 16.3. The van der Waals surface area contributed by atoms with Crippen LogP contribution >= 0.6 is 11.6 Å². The van der Waals surface area contributed by atoms with Crippen LogP contribution in [0.15, 0.2) is 48.5 Å². The van der Waals surface area contributed by atoms with Crippen LogP contribution in [0.1, 0.15) is 29.8 Å². The summed E-state index contributed by atoms with van der Waals surface area (Å²) in [4.78, 5) is 22.5. The molecule has 2 aromatic carbocycles. The number of benzene rings is 2. The second kappa shape index (κ2) is 7.72. The molecule has 3 N–H and O–H groups in total. The lowest BCUT2D eigenvalue weighted by atomic mass is 10.2. The monoisotopic (exact) mass is 407 g/mol. The van der Waals surface area contributed by atoms with E-state index in [1.54, 1.807) is 6.07 Å². The van der Waals surface area contributed by atoms with Gasteiger partial charge in [-0.3, -0.25) is 4.79 Å². The van der Waals surface area contributed by atoms with E-state index in [4.69, 9.17) is 27.3 Å². The predicted octanol–water partition coefficient (Wildman–Crippen LogP) is 4.41. The third-order valence-electron chi connectivity index (χ3n) is 4.76. The molecule has 0 radical (unpaired) electrons. The van der Waals surface area contributed by atoms with Gasteiger partial charge in [-0.15, -0.1) is 0 Å². The van der Waals surface area contributed by atoms with Crippen molar-refractivity contribution in [3.63, 3.8) is 0 Å². The second-order valence-corrected chi connectivity index (χ2v) is 7.83. The van der Waals surface area contributed by atoms with E-state index in [0.717, 1.165) is 16.6 Å². The number of hydrogen-bond donors (Lipinski definition) is 2. The van der Waals surface area contributed by atoms with Crippen LogP contribution < -0.4 is 11.1 Å². The molecule has 0 spiro atoms. The van der Waals surface area contributed by atoms with Gasteiger partial charge < -0.3 is 15.6 Å². The van der Waals surface area contributed by atoms with E-state index in [1.807, 2.05) is 47.0 Å². The van der Waals surface area contributed by atoms with Gasteiger partial charge in [-0.05, 0) is 29.7 Å². The topological polar surface area (TPSA) is 85.8 Å². The Bertz CT molecular complexity index is 1210. The minimum absolute atomic E-state index is 0.292. The summed E-state index contributed by atoms with van der Waals surface area (Å²) in [6.45, 7) is 5.14. The minimum Gasteiger partial charge on any atom is -0.384 e. The van der Waals surface area contributed by atoms with Crippen molar-refractivity contribution in [3.8, 4) is 0 Å². The Morgan fingerprint density at radius 1 is 1.10 bits per heavy atom. The number of nitrogens with two attached hydrogens (primary N) is 1. The first-order valence-corrected chi connectivity index (χ1v) is 9.89. The van der Waals surface area contributed by atoms with Crippen molar-refractivity contribution in [3.05, 3.63) is 64.7 Å². The lowest BCUT2D eigenvalue weighted by Crippen LogP contribution is -2.24. The van der Waals surface area contributed by atoms with Crippen LogP contribution in [0.4, 0.5) is 5.82 Å². The number of hydrogen-bond acceptors (Lipinski definition) is 4. The van der Waals surface area contributed by atoms with Crippen LogP contribution in [0.3, 0.4) is 0 Å². The van der Waals surface area contributed by atoms with Crippen molar-refractivity contribution in [1.29, 1.82) is 0 Å². The van der Waals surface area contributed by atoms with Gasteiger partial charge in [-0.1, -0.05) is 55.8 Å². The molecule has 7 heteroatoms. The third-order valence-corrected chi connectivity index (χ3v) is 5.13. The number of halogens is 1. The van der Waals surface area contributed by atoms with Crippen molar-refractivity contribution in [2.45, 2.75) is 26.9 Å². The summed E-state index contributed by atoms with van der Waals surface area (Å²) in [5.74, 6) is 0.417. The highest BCUT2D eigenvalue weighted by Crippen LogP contribution is 2.29. The summed E-state index contributed by atoms with van der Waals surface area (Å²) in [6, 6.07) is 15.0. The van der Waals surface area contributed by atoms with Gasteiger partial charge in [0, 0.05) is 18.1 Å². The standard InChI is InChI=1S/C22H22ClN5O/c1-13(2)12-28-20(24)18(22(29)25-11-14-7-3-4-8-15(14)23)19-21(28)27-17-10-6-5-9-16(17)26-19/h3-10,13H,11-12,24H2,1-2H3,(H,25,29). The quantitative estimate of drug-likeness (QED) is 0.513. The lowest BCUT2D eigenvalue weighted by Gasteiger charge is -2.10. The largest absolute Gasteiger partial charge is 0.384 e. The Labute approximate surface area is 173 Å². The van der Waals surface area contributed by atoms with E-state index < -0.39 is 0 Å². The number of carbonyl (C=O) groups excluding carboxylic acids is 1. The molecule has 0 atom stereocenters. The zero-order chi connectivity index (χ0) is 20.5. The van der Waals surface area contributed by atoms with Gasteiger partial charge in [0.25, 0.3) is 5.91 Å². The fourth-order valence-corrected chi connectivity index (χ4v) is 3.60. The maximum atomic E-state index is 13.1. The minimum atomic E-state index is -0.292. The highest BCUT2D eigenvalue weighted by molar-refractivity contribution is 6.31. The zero-order valence-corrected chi connectivity index (χ0v) is 17.1. The average Bonchev–Trinajstić information content (AvgIpc) is 2.96. The number of anilines is 1. The van der Waals surface area contributed by atoms with E-state index in [-0.39, 0.29) is 5.91 Å². The number of nitrogen functional groups attached to an aromatic ring is 1. The van der Waals surface area contributed by atoms with Crippen LogP contribution in [0.5, 0.6) is 0 Å². The molecule has 1 amide bonds. The highest BCUT2D eigenvalue weighted by Gasteiger charge is 2.24. The van der Waals surface area contributed by atoms with E-state index in [9.17, 15) is 4.79 Å². The molecule has 0 aliphatic carbocycles. The molecule has 6 nitrogen and oxygen atoms in total. The maximum absolute atomic E-state index is 13.1. The number of fused-ring (bicyclic) bond motifs is 2. The third kappa shape index (κ3) is 3.63. The molecule has 0 bridgehead atoms. The van der Waals surface area contributed by atoms with Gasteiger partial charge in [-0.2, -0.15) is 0 Å². The fraction of sp³-hybridized carbons (Fsp3) is 0.227. The molecule has 4 aromatic rings. The molecule has 2 heterocycles. The van der Waals surface area contributed by atoms with Gasteiger partial charge in [-0.25, -0.2) is 9.97 Å². The first-order chi connectivity index (χ1) is 14.0. The summed E-state index contributed by atoms with van der Waals surface area (Å²) in [5.41, 5.74) is 10.2. The highest BCUT2D eigenvalue weighted by atomic mass is 35.5. The molecule has 0 aliphatic heterocycles. The van der Waals surface area contributed by atoms with E-state index >= 15 is 0 Å². The molecule has 0 fully saturated rings. The normalized spacial score (nSPS) is 11.4. The van der Waals surface area contributed by atoms with Crippen LogP contribution in [0.2, 0.25) is 5.02 Å². The first kappa shape index (κ1) is 19.2. The van der Waals surface area contributed by atoms with Gasteiger partial charge >= 0.3 is 0 Å². The molecule has 148 valence electrons. The number of para-hydroxylation sites is 2. The molecular formula is C22H22ClN5O. The molecule has 0 unspecified atom stereocenters. The van der Waals surface area contributed by atoms with Crippen LogP contribution in [0, 0.1) is 5.92 Å². The number of rotatable bonds is 5. The van der Waals surface area contributed by atoms with E-state index in [2.05, 4.69) is 19.2 Å². The number of amides is 1. The molecule has 0 saturated heterocycles. The van der Waals surface area contributed by atoms with Gasteiger partial charge in [0.2, 0.25) is 0 Å². The summed E-state index contributed by atoms with van der Waals surface area (Å²) < 4.78 is 1.88. The van der Waals surface area contributed by atoms with Gasteiger partial charge in [0.15, 0.2) is 5.65 Å². The Morgan fingerprint density at radius 2 is 1.76 bits per heavy atom. The molecule has 4 rings (SSSR count). The van der Waals surface area contributed by atoms with Gasteiger partial charge in [0.05, 0.1) is 11.0 Å². The average molecular weight is 408 g/mol. The Balaban J connectivity index is 1.79. The molecule has 2 aromatic heterocycles. The van der Waals surface area contributed by atoms with Crippen molar-refractivity contribution in [1.82, 2.24) is 19.9 Å². The number of nitrogens with one attached hydrogen (secondary N) is 1. The molecular weight excluding hydrogens is 386 g/mol. The fourth-order valence-electron chi connectivity index (χ4n) is 3.40. The molecule has 0 saturated carbocycles. The number of aromatic nitrogens is 3. The summed E-state index contributed by atoms with van der Waals surface area (Å²) >= 11 is 6.20. The number of carbonyl (C=O) groups is 1. The van der Waals surface area contributed by atoms with Crippen LogP contribution in [-0.4, -0.2) is 20.4 Å². The van der Waals surface area contributed by atoms with Crippen molar-refractivity contribution in [2.75, 3.05) is 5.73 Å². The predicted molar refractivity (Wildman–Crippen MR) is 117 cm³/mol. The molecule has 29 heavy (non-hydrogen) atoms. The van der Waals surface area contributed by atoms with E-state index in [1.165, 1.54) is 0 Å². The van der Waals surface area contributed by atoms with Crippen molar-refractivity contribution >= 4 is 45.5 Å².